The molecular weight excluding hydrogens is 152 g/mol. The molecule has 0 amide bonds. The fourth-order valence-electron chi connectivity index (χ4n) is 0.606. The zero-order valence-corrected chi connectivity index (χ0v) is 6.11. The number of carboxylic acid groups (broad SMARTS) is 1. The number of esters is 1. The van der Waals surface area contributed by atoms with Crippen molar-refractivity contribution in [2.45, 2.75) is 13.3 Å². The lowest BCUT2D eigenvalue weighted by Gasteiger charge is -2.06. The second kappa shape index (κ2) is 4.68. The molecule has 64 valence electrons. The van der Waals surface area contributed by atoms with E-state index >= 15 is 0 Å². The van der Waals surface area contributed by atoms with Crippen LogP contribution in [-0.2, 0) is 14.3 Å². The lowest BCUT2D eigenvalue weighted by molar-refractivity contribution is -0.164. The van der Waals surface area contributed by atoms with E-state index < -0.39 is 24.6 Å². The Morgan fingerprint density at radius 1 is 1.55 bits per heavy atom. The fraction of sp³-hybridized carbons (Fsp3) is 0.667. The zero-order chi connectivity index (χ0) is 8.85. The van der Waals surface area contributed by atoms with Gasteiger partial charge < -0.3 is 14.9 Å². The maximum absolute atomic E-state index is 10.7. The van der Waals surface area contributed by atoms with Crippen LogP contribution in [0.5, 0.6) is 0 Å². The van der Waals surface area contributed by atoms with Crippen molar-refractivity contribution in [2.24, 2.45) is 5.92 Å². The van der Waals surface area contributed by atoms with Crippen LogP contribution in [0.1, 0.15) is 13.3 Å². The molecule has 5 nitrogen and oxygen atoms in total. The molecule has 0 heterocycles. The third-order valence-electron chi connectivity index (χ3n) is 1.20. The predicted molar refractivity (Wildman–Crippen MR) is 34.6 cm³/mol. The van der Waals surface area contributed by atoms with E-state index in [4.69, 9.17) is 10.2 Å². The van der Waals surface area contributed by atoms with Gasteiger partial charge in [0.15, 0.2) is 12.7 Å². The van der Waals surface area contributed by atoms with E-state index in [-0.39, 0.29) is 6.42 Å². The molecule has 0 aliphatic rings. The van der Waals surface area contributed by atoms with Crippen LogP contribution in [0.2, 0.25) is 0 Å². The SMILES string of the molecule is CCC(C(=O)O)C(=O)OCO. The molecule has 0 aliphatic carbocycles. The molecule has 0 aromatic carbocycles. The molecule has 1 unspecified atom stereocenters. The maximum atomic E-state index is 10.7. The minimum absolute atomic E-state index is 0.161. The first-order valence-electron chi connectivity index (χ1n) is 3.13. The Morgan fingerprint density at radius 3 is 2.36 bits per heavy atom. The summed E-state index contributed by atoms with van der Waals surface area (Å²) in [5.74, 6) is -3.30. The molecule has 0 saturated heterocycles. The van der Waals surface area contributed by atoms with Crippen LogP contribution in [0.3, 0.4) is 0 Å². The standard InChI is InChI=1S/C6H10O5/c1-2-4(5(8)9)6(10)11-3-7/h4,7H,2-3H2,1H3,(H,8,9). The van der Waals surface area contributed by atoms with Crippen LogP contribution in [-0.4, -0.2) is 28.9 Å². The molecule has 0 rings (SSSR count). The number of carbonyl (C=O) groups excluding carboxylic acids is 1. The van der Waals surface area contributed by atoms with E-state index in [1.807, 2.05) is 0 Å². The van der Waals surface area contributed by atoms with Crippen molar-refractivity contribution in [1.29, 1.82) is 0 Å². The maximum Gasteiger partial charge on any atom is 0.322 e. The molecule has 11 heavy (non-hydrogen) atoms. The Bertz CT molecular complexity index is 153. The van der Waals surface area contributed by atoms with Crippen molar-refractivity contribution in [3.63, 3.8) is 0 Å². The Balaban J connectivity index is 4.03. The van der Waals surface area contributed by atoms with Crippen molar-refractivity contribution in [3.05, 3.63) is 0 Å². The summed E-state index contributed by atoms with van der Waals surface area (Å²) in [6.45, 7) is 0.778. The minimum atomic E-state index is -1.23. The number of aliphatic hydroxyl groups excluding tert-OH is 1. The van der Waals surface area contributed by atoms with Gasteiger partial charge in [-0.2, -0.15) is 0 Å². The second-order valence-electron chi connectivity index (χ2n) is 1.89. The highest BCUT2D eigenvalue weighted by molar-refractivity contribution is 5.93. The van der Waals surface area contributed by atoms with Crippen LogP contribution < -0.4 is 0 Å². The fourth-order valence-corrected chi connectivity index (χ4v) is 0.606. The van der Waals surface area contributed by atoms with Gasteiger partial charge in [-0.05, 0) is 6.42 Å². The van der Waals surface area contributed by atoms with E-state index in [0.29, 0.717) is 0 Å². The molecule has 2 N–H and O–H groups in total. The lowest BCUT2D eigenvalue weighted by Crippen LogP contribution is -2.25. The minimum Gasteiger partial charge on any atom is -0.481 e. The van der Waals surface area contributed by atoms with Crippen molar-refractivity contribution >= 4 is 11.9 Å². The van der Waals surface area contributed by atoms with Crippen molar-refractivity contribution in [1.82, 2.24) is 0 Å². The van der Waals surface area contributed by atoms with E-state index in [1.54, 1.807) is 6.92 Å². The van der Waals surface area contributed by atoms with Gasteiger partial charge in [-0.15, -0.1) is 0 Å². The average Bonchev–Trinajstić information content (AvgIpc) is 1.88. The molecule has 0 aromatic rings. The third-order valence-corrected chi connectivity index (χ3v) is 1.20. The third kappa shape index (κ3) is 2.99. The van der Waals surface area contributed by atoms with Gasteiger partial charge in [0, 0.05) is 0 Å². The summed E-state index contributed by atoms with van der Waals surface area (Å²) in [5, 5.41) is 16.5. The van der Waals surface area contributed by atoms with Gasteiger partial charge in [0.2, 0.25) is 0 Å². The van der Waals surface area contributed by atoms with Gasteiger partial charge in [-0.25, -0.2) is 0 Å². The summed E-state index contributed by atoms with van der Waals surface area (Å²) < 4.78 is 4.09. The van der Waals surface area contributed by atoms with E-state index in [0.717, 1.165) is 0 Å². The van der Waals surface area contributed by atoms with Crippen LogP contribution in [0.15, 0.2) is 0 Å². The Hall–Kier alpha value is -1.10. The summed E-state index contributed by atoms with van der Waals surface area (Å²) in [5.41, 5.74) is 0. The monoisotopic (exact) mass is 162 g/mol. The number of carboxylic acids is 1. The summed E-state index contributed by atoms with van der Waals surface area (Å²) in [6, 6.07) is 0. The molecule has 0 radical (unpaired) electrons. The van der Waals surface area contributed by atoms with Crippen molar-refractivity contribution < 1.29 is 24.5 Å². The highest BCUT2D eigenvalue weighted by atomic mass is 16.6. The van der Waals surface area contributed by atoms with E-state index in [9.17, 15) is 9.59 Å². The lowest BCUT2D eigenvalue weighted by atomic mass is 10.1. The largest absolute Gasteiger partial charge is 0.481 e. The molecule has 0 aliphatic heterocycles. The summed E-state index contributed by atoms with van der Waals surface area (Å²) >= 11 is 0. The average molecular weight is 162 g/mol. The molecule has 5 heteroatoms. The Morgan fingerprint density at radius 2 is 2.09 bits per heavy atom. The summed E-state index contributed by atoms with van der Waals surface area (Å²) in [4.78, 5) is 20.9. The molecule has 0 saturated carbocycles. The number of carbonyl (C=O) groups is 2. The Labute approximate surface area is 63.6 Å². The van der Waals surface area contributed by atoms with Gasteiger partial charge in [0.1, 0.15) is 0 Å². The van der Waals surface area contributed by atoms with Crippen molar-refractivity contribution in [3.8, 4) is 0 Å². The smallest absolute Gasteiger partial charge is 0.322 e. The second-order valence-corrected chi connectivity index (χ2v) is 1.89. The molecule has 1 atom stereocenters. The number of aliphatic hydroxyl groups is 1. The molecule has 0 bridgehead atoms. The summed E-state index contributed by atoms with van der Waals surface area (Å²) in [6.07, 6.45) is 0.161. The normalized spacial score (nSPS) is 12.2. The number of hydrogen-bond donors (Lipinski definition) is 2. The molecule has 0 spiro atoms. The molecule has 0 aromatic heterocycles. The predicted octanol–water partition coefficient (Wildman–Crippen LogP) is -0.410. The quantitative estimate of drug-likeness (QED) is 0.333. The van der Waals surface area contributed by atoms with E-state index in [2.05, 4.69) is 4.74 Å². The molecule has 0 fully saturated rings. The van der Waals surface area contributed by atoms with Gasteiger partial charge in [-0.3, -0.25) is 9.59 Å². The number of ether oxygens (including phenoxy) is 1. The van der Waals surface area contributed by atoms with Gasteiger partial charge in [0.25, 0.3) is 0 Å². The van der Waals surface area contributed by atoms with Crippen LogP contribution in [0, 0.1) is 5.92 Å². The van der Waals surface area contributed by atoms with E-state index in [1.165, 1.54) is 0 Å². The first-order valence-corrected chi connectivity index (χ1v) is 3.13. The van der Waals surface area contributed by atoms with Crippen LogP contribution in [0.4, 0.5) is 0 Å². The van der Waals surface area contributed by atoms with Crippen LogP contribution >= 0.6 is 0 Å². The number of aliphatic carboxylic acids is 1. The highest BCUT2D eigenvalue weighted by Crippen LogP contribution is 2.04. The first-order chi connectivity index (χ1) is 5.13. The first kappa shape index (κ1) is 9.90. The highest BCUT2D eigenvalue weighted by Gasteiger charge is 2.25. The van der Waals surface area contributed by atoms with Gasteiger partial charge in [0.05, 0.1) is 0 Å². The van der Waals surface area contributed by atoms with Crippen LogP contribution in [0.25, 0.3) is 0 Å². The van der Waals surface area contributed by atoms with Crippen molar-refractivity contribution in [2.75, 3.05) is 6.79 Å². The zero-order valence-electron chi connectivity index (χ0n) is 6.11. The van der Waals surface area contributed by atoms with Gasteiger partial charge >= 0.3 is 11.9 Å². The topological polar surface area (TPSA) is 83.8 Å². The summed E-state index contributed by atoms with van der Waals surface area (Å²) in [7, 11) is 0. The van der Waals surface area contributed by atoms with Gasteiger partial charge in [-0.1, -0.05) is 6.92 Å². The number of hydrogen-bond acceptors (Lipinski definition) is 4. The Kier molecular flexibility index (Phi) is 4.21. The molecular formula is C6H10O5. The number of rotatable bonds is 4.